The molecule has 0 atom stereocenters. The number of hydrogen-bond donors (Lipinski definition) is 0. The van der Waals surface area contributed by atoms with E-state index in [1.54, 1.807) is 12.1 Å². The Bertz CT molecular complexity index is 571. The number of benzene rings is 2. The molecule has 1 aliphatic heterocycles. The highest BCUT2D eigenvalue weighted by Crippen LogP contribution is 2.25. The molecule has 2 aromatic carbocycles. The third kappa shape index (κ3) is 3.91. The van der Waals surface area contributed by atoms with Crippen molar-refractivity contribution in [3.63, 3.8) is 0 Å². The van der Waals surface area contributed by atoms with Gasteiger partial charge < -0.3 is 4.74 Å². The fourth-order valence-electron chi connectivity index (χ4n) is 1.77. The van der Waals surface area contributed by atoms with Gasteiger partial charge in [-0.25, -0.2) is 9.59 Å². The summed E-state index contributed by atoms with van der Waals surface area (Å²) in [6, 6.07) is 10.9. The lowest BCUT2D eigenvalue weighted by molar-refractivity contribution is 0.0444. The minimum atomic E-state index is -0.555. The SMILES string of the molecule is CC.ICI.O=C1OC(=O)c2cc3ccccc3cc21. The van der Waals surface area contributed by atoms with Gasteiger partial charge in [0.15, 0.2) is 0 Å². The number of ether oxygens (including phenoxy) is 1. The van der Waals surface area contributed by atoms with Crippen LogP contribution in [-0.4, -0.2) is 14.4 Å². The molecule has 20 heavy (non-hydrogen) atoms. The van der Waals surface area contributed by atoms with Crippen LogP contribution in [0, 0.1) is 0 Å². The van der Waals surface area contributed by atoms with E-state index in [9.17, 15) is 9.59 Å². The van der Waals surface area contributed by atoms with Crippen molar-refractivity contribution in [3.05, 3.63) is 47.5 Å². The van der Waals surface area contributed by atoms with Crippen molar-refractivity contribution in [1.82, 2.24) is 0 Å². The molecule has 0 saturated carbocycles. The summed E-state index contributed by atoms with van der Waals surface area (Å²) in [5, 5.41) is 1.87. The van der Waals surface area contributed by atoms with Crippen LogP contribution in [0.2, 0.25) is 0 Å². The Labute approximate surface area is 145 Å². The van der Waals surface area contributed by atoms with E-state index < -0.39 is 11.9 Å². The molecule has 0 saturated heterocycles. The molecule has 0 aromatic heterocycles. The summed E-state index contributed by atoms with van der Waals surface area (Å²) in [5.41, 5.74) is 0.720. The number of alkyl halides is 2. The molecule has 0 fully saturated rings. The van der Waals surface area contributed by atoms with Gasteiger partial charge in [0.1, 0.15) is 0 Å². The van der Waals surface area contributed by atoms with Gasteiger partial charge in [-0.3, -0.25) is 0 Å². The van der Waals surface area contributed by atoms with E-state index >= 15 is 0 Å². The maximum atomic E-state index is 11.3. The van der Waals surface area contributed by atoms with Crippen molar-refractivity contribution < 1.29 is 14.3 Å². The van der Waals surface area contributed by atoms with Gasteiger partial charge in [-0.15, -0.1) is 0 Å². The number of rotatable bonds is 0. The molecule has 0 spiro atoms. The molecule has 2 aromatic rings. The first-order chi connectivity index (χ1) is 9.67. The molecular formula is C15H14I2O3. The predicted molar refractivity (Wildman–Crippen MR) is 97.9 cm³/mol. The van der Waals surface area contributed by atoms with Crippen LogP contribution in [0.4, 0.5) is 0 Å². The Balaban J connectivity index is 0.000000357. The summed E-state index contributed by atoms with van der Waals surface area (Å²) < 4.78 is 5.72. The standard InChI is InChI=1S/C12H6O3.C2H6.CH2I2/c13-11-9-5-7-3-1-2-4-8(7)6-10(9)12(14)15-11;1-2;2-1-3/h1-6H;1-2H3;1H2. The molecule has 0 bridgehead atoms. The van der Waals surface area contributed by atoms with Gasteiger partial charge in [0, 0.05) is 0 Å². The third-order valence-corrected chi connectivity index (χ3v) is 2.51. The first kappa shape index (κ1) is 17.4. The van der Waals surface area contributed by atoms with Crippen molar-refractivity contribution in [2.45, 2.75) is 13.8 Å². The second kappa shape index (κ2) is 8.56. The smallest absolute Gasteiger partial charge is 0.346 e. The number of fused-ring (bicyclic) bond motifs is 2. The lowest BCUT2D eigenvalue weighted by Crippen LogP contribution is -1.96. The normalized spacial score (nSPS) is 11.8. The molecule has 3 nitrogen and oxygen atoms in total. The highest BCUT2D eigenvalue weighted by atomic mass is 127. The second-order valence-corrected chi connectivity index (χ2v) is 7.97. The van der Waals surface area contributed by atoms with E-state index in [1.165, 1.54) is 2.43 Å². The topological polar surface area (TPSA) is 43.4 Å². The Morgan fingerprint density at radius 3 is 1.60 bits per heavy atom. The van der Waals surface area contributed by atoms with Crippen LogP contribution in [0.1, 0.15) is 34.6 Å². The van der Waals surface area contributed by atoms with E-state index in [1.807, 2.05) is 38.1 Å². The Morgan fingerprint density at radius 2 is 1.25 bits per heavy atom. The summed E-state index contributed by atoms with van der Waals surface area (Å²) in [5.74, 6) is -1.11. The van der Waals surface area contributed by atoms with Crippen molar-refractivity contribution in [3.8, 4) is 0 Å². The maximum absolute atomic E-state index is 11.3. The number of carbonyl (C=O) groups is 2. The van der Waals surface area contributed by atoms with Crippen molar-refractivity contribution in [2.75, 3.05) is 2.43 Å². The summed E-state index contributed by atoms with van der Waals surface area (Å²) in [4.78, 5) is 22.6. The highest BCUT2D eigenvalue weighted by molar-refractivity contribution is 14.2. The van der Waals surface area contributed by atoms with Crippen molar-refractivity contribution in [2.24, 2.45) is 0 Å². The summed E-state index contributed by atoms with van der Waals surface area (Å²) in [7, 11) is 0. The minimum Gasteiger partial charge on any atom is -0.386 e. The van der Waals surface area contributed by atoms with E-state index in [0.717, 1.165) is 10.8 Å². The molecule has 1 aliphatic rings. The summed E-state index contributed by atoms with van der Waals surface area (Å²) in [6.07, 6.45) is 0. The summed E-state index contributed by atoms with van der Waals surface area (Å²) in [6.45, 7) is 4.00. The molecule has 106 valence electrons. The van der Waals surface area contributed by atoms with Gasteiger partial charge in [0.25, 0.3) is 0 Å². The number of halogens is 2. The Kier molecular flexibility index (Phi) is 7.42. The zero-order valence-electron chi connectivity index (χ0n) is 11.2. The number of hydrogen-bond acceptors (Lipinski definition) is 3. The lowest BCUT2D eigenvalue weighted by Gasteiger charge is -1.98. The zero-order chi connectivity index (χ0) is 15.1. The first-order valence-corrected chi connectivity index (χ1v) is 9.13. The molecule has 0 amide bonds. The second-order valence-electron chi connectivity index (χ2n) is 3.52. The average Bonchev–Trinajstić information content (AvgIpc) is 2.75. The Hall–Kier alpha value is -0.700. The molecule has 0 N–H and O–H groups in total. The predicted octanol–water partition coefficient (Wildman–Crippen LogP) is 4.99. The van der Waals surface area contributed by atoms with Gasteiger partial charge in [0.05, 0.1) is 13.6 Å². The zero-order valence-corrected chi connectivity index (χ0v) is 15.5. The van der Waals surface area contributed by atoms with Gasteiger partial charge in [0.2, 0.25) is 0 Å². The van der Waals surface area contributed by atoms with Gasteiger partial charge in [-0.05, 0) is 22.9 Å². The molecule has 3 rings (SSSR count). The fourth-order valence-corrected chi connectivity index (χ4v) is 1.77. The van der Waals surface area contributed by atoms with Crippen LogP contribution in [0.5, 0.6) is 0 Å². The minimum absolute atomic E-state index is 0.360. The Morgan fingerprint density at radius 1 is 0.900 bits per heavy atom. The van der Waals surface area contributed by atoms with Gasteiger partial charge in [-0.2, -0.15) is 0 Å². The van der Waals surface area contributed by atoms with Crippen LogP contribution in [0.25, 0.3) is 10.8 Å². The van der Waals surface area contributed by atoms with E-state index in [4.69, 9.17) is 0 Å². The monoisotopic (exact) mass is 496 g/mol. The number of cyclic esters (lactones) is 2. The van der Waals surface area contributed by atoms with E-state index in [2.05, 4.69) is 49.9 Å². The molecule has 0 aliphatic carbocycles. The largest absolute Gasteiger partial charge is 0.386 e. The van der Waals surface area contributed by atoms with E-state index in [-0.39, 0.29) is 0 Å². The van der Waals surface area contributed by atoms with Crippen molar-refractivity contribution >= 4 is 67.9 Å². The molecule has 0 unspecified atom stereocenters. The summed E-state index contributed by atoms with van der Waals surface area (Å²) >= 11 is 4.55. The van der Waals surface area contributed by atoms with Crippen LogP contribution in [-0.2, 0) is 4.74 Å². The molecule has 1 heterocycles. The fraction of sp³-hybridized carbons (Fsp3) is 0.200. The van der Waals surface area contributed by atoms with Crippen LogP contribution in [0.15, 0.2) is 36.4 Å². The first-order valence-electron chi connectivity index (χ1n) is 6.08. The molecular weight excluding hydrogens is 482 g/mol. The maximum Gasteiger partial charge on any atom is 0.346 e. The van der Waals surface area contributed by atoms with Crippen molar-refractivity contribution in [1.29, 1.82) is 0 Å². The number of carbonyl (C=O) groups excluding carboxylic acids is 2. The van der Waals surface area contributed by atoms with Crippen LogP contribution >= 0.6 is 45.2 Å². The van der Waals surface area contributed by atoms with Crippen LogP contribution < -0.4 is 0 Å². The lowest BCUT2D eigenvalue weighted by atomic mass is 10.0. The third-order valence-electron chi connectivity index (χ3n) is 2.51. The highest BCUT2D eigenvalue weighted by Gasteiger charge is 2.29. The van der Waals surface area contributed by atoms with Gasteiger partial charge in [-0.1, -0.05) is 83.3 Å². The average molecular weight is 496 g/mol. The van der Waals surface area contributed by atoms with Crippen LogP contribution in [0.3, 0.4) is 0 Å². The van der Waals surface area contributed by atoms with E-state index in [0.29, 0.717) is 11.1 Å². The molecule has 5 heteroatoms. The quantitative estimate of drug-likeness (QED) is 0.224. The molecule has 0 radical (unpaired) electrons. The van der Waals surface area contributed by atoms with Gasteiger partial charge >= 0.3 is 11.9 Å². The number of esters is 2.